The molecule has 0 atom stereocenters. The second-order valence-electron chi connectivity index (χ2n) is 9.27. The summed E-state index contributed by atoms with van der Waals surface area (Å²) in [7, 11) is 0. The van der Waals surface area contributed by atoms with Gasteiger partial charge < -0.3 is 4.57 Å². The lowest BCUT2D eigenvalue weighted by atomic mass is 9.30. The number of hydrogen-bond donors (Lipinski definition) is 0. The van der Waals surface area contributed by atoms with Crippen molar-refractivity contribution in [2.24, 2.45) is 0 Å². The van der Waals surface area contributed by atoms with Crippen LogP contribution in [0.1, 0.15) is 30.5 Å². The Morgan fingerprint density at radius 2 is 1.55 bits per heavy atom. The number of benzene rings is 4. The van der Waals surface area contributed by atoms with Gasteiger partial charge in [-0.2, -0.15) is 5.26 Å². The van der Waals surface area contributed by atoms with Gasteiger partial charge in [0, 0.05) is 27.4 Å². The van der Waals surface area contributed by atoms with Crippen molar-refractivity contribution in [1.82, 2.24) is 4.57 Å². The van der Waals surface area contributed by atoms with Gasteiger partial charge in [0.05, 0.1) is 17.1 Å². The van der Waals surface area contributed by atoms with E-state index in [-0.39, 0.29) is 12.1 Å². The van der Waals surface area contributed by atoms with Crippen LogP contribution in [-0.4, -0.2) is 11.3 Å². The second-order valence-corrected chi connectivity index (χ2v) is 9.27. The third-order valence-corrected chi connectivity index (χ3v) is 7.51. The molecule has 0 amide bonds. The summed E-state index contributed by atoms with van der Waals surface area (Å²) in [6, 6.07) is 30.8. The lowest BCUT2D eigenvalue weighted by Crippen LogP contribution is -2.63. The first-order valence-corrected chi connectivity index (χ1v) is 10.8. The molecule has 2 aliphatic rings. The van der Waals surface area contributed by atoms with E-state index < -0.39 is 0 Å². The van der Waals surface area contributed by atoms with Crippen LogP contribution in [0, 0.1) is 11.3 Å². The minimum atomic E-state index is -0.0649. The maximum Gasteiger partial charge on any atom is 0.247 e. The van der Waals surface area contributed by atoms with E-state index in [0.717, 1.165) is 16.5 Å². The van der Waals surface area contributed by atoms with Gasteiger partial charge >= 0.3 is 0 Å². The molecule has 3 heterocycles. The minimum absolute atomic E-state index is 0.0649. The molecule has 0 saturated carbocycles. The van der Waals surface area contributed by atoms with E-state index in [1.807, 2.05) is 12.1 Å². The van der Waals surface area contributed by atoms with E-state index in [9.17, 15) is 5.26 Å². The molecule has 7 rings (SSSR count). The Hall–Kier alpha value is -3.77. The van der Waals surface area contributed by atoms with Gasteiger partial charge in [0.15, 0.2) is 0 Å². The summed E-state index contributed by atoms with van der Waals surface area (Å²) in [5.41, 5.74) is 11.2. The van der Waals surface area contributed by atoms with Crippen molar-refractivity contribution in [2.75, 3.05) is 0 Å². The summed E-state index contributed by atoms with van der Waals surface area (Å²) in [6.07, 6.45) is 0. The number of hydrogen-bond acceptors (Lipinski definition) is 1. The fourth-order valence-electron chi connectivity index (χ4n) is 6.26. The third kappa shape index (κ3) is 1.85. The molecule has 2 aliphatic heterocycles. The molecule has 0 aliphatic carbocycles. The maximum atomic E-state index is 9.85. The average molecular weight is 394 g/mol. The second kappa shape index (κ2) is 5.48. The fourth-order valence-corrected chi connectivity index (χ4v) is 6.26. The van der Waals surface area contributed by atoms with Gasteiger partial charge in [-0.1, -0.05) is 80.0 Å². The molecule has 4 aromatic carbocycles. The Morgan fingerprint density at radius 1 is 0.806 bits per heavy atom. The largest absolute Gasteiger partial charge is 0.310 e. The van der Waals surface area contributed by atoms with Crippen LogP contribution in [0.25, 0.3) is 27.5 Å². The lowest BCUT2D eigenvalue weighted by Gasteiger charge is -2.41. The molecule has 144 valence electrons. The highest BCUT2D eigenvalue weighted by Gasteiger charge is 2.44. The van der Waals surface area contributed by atoms with Crippen LogP contribution in [0.5, 0.6) is 0 Å². The molecule has 0 N–H and O–H groups in total. The summed E-state index contributed by atoms with van der Waals surface area (Å²) in [4.78, 5) is 0. The Bertz CT molecular complexity index is 1630. The molecule has 0 unspecified atom stereocenters. The lowest BCUT2D eigenvalue weighted by molar-refractivity contribution is 0.645. The van der Waals surface area contributed by atoms with Crippen molar-refractivity contribution >= 4 is 44.9 Å². The van der Waals surface area contributed by atoms with Crippen LogP contribution in [0.3, 0.4) is 0 Å². The molecule has 5 aromatic rings. The van der Waals surface area contributed by atoms with Crippen molar-refractivity contribution < 1.29 is 0 Å². The smallest absolute Gasteiger partial charge is 0.247 e. The highest BCUT2D eigenvalue weighted by molar-refractivity contribution is 6.99. The molecule has 1 aromatic heterocycles. The van der Waals surface area contributed by atoms with E-state index >= 15 is 0 Å². The standard InChI is InChI=1S/C28H19BN2/c1-28(2)19-10-3-4-12-21(19)29-22-13-6-9-18-25-17(16-30)8-5-14-23(25)31(27(18)22)24-15-7-11-20(28)26(24)29/h3-15H,1-2H3. The molecular formula is C28H19BN2. The zero-order chi connectivity index (χ0) is 20.9. The molecular weight excluding hydrogens is 375 g/mol. The molecule has 0 bridgehead atoms. The monoisotopic (exact) mass is 394 g/mol. The van der Waals surface area contributed by atoms with E-state index in [4.69, 9.17) is 0 Å². The summed E-state index contributed by atoms with van der Waals surface area (Å²) in [6.45, 7) is 4.89. The number of aromatic nitrogens is 1. The van der Waals surface area contributed by atoms with Gasteiger partial charge in [0.2, 0.25) is 6.71 Å². The first kappa shape index (κ1) is 17.0. The Labute approximate surface area is 181 Å². The minimum Gasteiger partial charge on any atom is -0.310 e. The Balaban J connectivity index is 1.77. The molecule has 0 fully saturated rings. The van der Waals surface area contributed by atoms with Crippen LogP contribution >= 0.6 is 0 Å². The highest BCUT2D eigenvalue weighted by atomic mass is 15.0. The third-order valence-electron chi connectivity index (χ3n) is 7.51. The summed E-state index contributed by atoms with van der Waals surface area (Å²) < 4.78 is 2.40. The summed E-state index contributed by atoms with van der Waals surface area (Å²) in [5, 5.41) is 12.1. The van der Waals surface area contributed by atoms with Gasteiger partial charge in [-0.15, -0.1) is 0 Å². The van der Waals surface area contributed by atoms with Gasteiger partial charge in [-0.05, 0) is 40.3 Å². The van der Waals surface area contributed by atoms with Crippen LogP contribution in [0.15, 0.2) is 78.9 Å². The molecule has 0 radical (unpaired) electrons. The highest BCUT2D eigenvalue weighted by Crippen LogP contribution is 2.39. The van der Waals surface area contributed by atoms with Crippen LogP contribution in [-0.2, 0) is 5.41 Å². The zero-order valence-electron chi connectivity index (χ0n) is 17.5. The predicted molar refractivity (Wildman–Crippen MR) is 129 cm³/mol. The first-order valence-electron chi connectivity index (χ1n) is 10.8. The van der Waals surface area contributed by atoms with Gasteiger partial charge in [0.25, 0.3) is 0 Å². The van der Waals surface area contributed by atoms with Crippen LogP contribution < -0.4 is 16.4 Å². The normalized spacial score (nSPS) is 14.9. The molecule has 31 heavy (non-hydrogen) atoms. The topological polar surface area (TPSA) is 28.7 Å². The number of para-hydroxylation sites is 1. The number of fused-ring (bicyclic) bond motifs is 7. The SMILES string of the molecule is CC1(C)c2ccccc2B2c3c(cccc31)-n1c3cccc(C#N)c3c3cccc2c31. The van der Waals surface area contributed by atoms with Crippen molar-refractivity contribution in [2.45, 2.75) is 19.3 Å². The van der Waals surface area contributed by atoms with E-state index in [0.29, 0.717) is 0 Å². The average Bonchev–Trinajstić information content (AvgIpc) is 3.15. The van der Waals surface area contributed by atoms with E-state index in [1.165, 1.54) is 44.1 Å². The summed E-state index contributed by atoms with van der Waals surface area (Å²) >= 11 is 0. The first-order chi connectivity index (χ1) is 15.1. The van der Waals surface area contributed by atoms with Gasteiger partial charge in [-0.3, -0.25) is 0 Å². The molecule has 0 spiro atoms. The Morgan fingerprint density at radius 3 is 2.42 bits per heavy atom. The molecule has 2 nitrogen and oxygen atoms in total. The van der Waals surface area contributed by atoms with Crippen molar-refractivity contribution in [3.05, 3.63) is 95.6 Å². The maximum absolute atomic E-state index is 9.85. The van der Waals surface area contributed by atoms with Crippen LogP contribution in [0.2, 0.25) is 0 Å². The number of nitriles is 1. The van der Waals surface area contributed by atoms with E-state index in [2.05, 4.69) is 91.2 Å². The quantitative estimate of drug-likeness (QED) is 0.356. The van der Waals surface area contributed by atoms with Crippen molar-refractivity contribution in [3.8, 4) is 11.8 Å². The van der Waals surface area contributed by atoms with Gasteiger partial charge in [-0.25, -0.2) is 0 Å². The Kier molecular flexibility index (Phi) is 3.00. The number of nitrogens with zero attached hydrogens (tertiary/aromatic N) is 2. The number of rotatable bonds is 0. The van der Waals surface area contributed by atoms with Crippen molar-refractivity contribution in [3.63, 3.8) is 0 Å². The van der Waals surface area contributed by atoms with Crippen LogP contribution in [0.4, 0.5) is 0 Å². The van der Waals surface area contributed by atoms with Crippen molar-refractivity contribution in [1.29, 1.82) is 5.26 Å². The predicted octanol–water partition coefficient (Wildman–Crippen LogP) is 4.12. The summed E-state index contributed by atoms with van der Waals surface area (Å²) in [5.74, 6) is 0. The molecule has 3 heteroatoms. The fraction of sp³-hybridized carbons (Fsp3) is 0.107. The van der Waals surface area contributed by atoms with Gasteiger partial charge in [0.1, 0.15) is 0 Å². The molecule has 0 saturated heterocycles. The van der Waals surface area contributed by atoms with E-state index in [1.54, 1.807) is 0 Å². The zero-order valence-corrected chi connectivity index (χ0v) is 17.5.